The SMILES string of the molecule is O=C(O)CSCCCS[C@H]1C(=O)C[C@@H](O)[C@@H]1/C=C/C(O)Cc1cccc(COC2CCCCC2)c1. The Morgan fingerprint density at radius 1 is 1.17 bits per heavy atom. The summed E-state index contributed by atoms with van der Waals surface area (Å²) in [5.74, 6) is 0.454. The fourth-order valence-electron chi connectivity index (χ4n) is 4.70. The van der Waals surface area contributed by atoms with Gasteiger partial charge in [0, 0.05) is 18.8 Å². The van der Waals surface area contributed by atoms with Crippen LogP contribution in [0, 0.1) is 5.92 Å². The lowest BCUT2D eigenvalue weighted by Crippen LogP contribution is -2.22. The lowest BCUT2D eigenvalue weighted by Gasteiger charge is -2.22. The van der Waals surface area contributed by atoms with E-state index in [1.807, 2.05) is 12.1 Å². The van der Waals surface area contributed by atoms with Crippen LogP contribution in [0.5, 0.6) is 0 Å². The van der Waals surface area contributed by atoms with Crippen molar-refractivity contribution in [2.45, 2.75) is 81.5 Å². The van der Waals surface area contributed by atoms with Gasteiger partial charge in [-0.2, -0.15) is 11.8 Å². The highest BCUT2D eigenvalue weighted by Gasteiger charge is 2.40. The predicted molar refractivity (Wildman–Crippen MR) is 142 cm³/mol. The largest absolute Gasteiger partial charge is 0.481 e. The Morgan fingerprint density at radius 2 is 1.94 bits per heavy atom. The number of aliphatic hydroxyl groups is 2. The van der Waals surface area contributed by atoms with E-state index >= 15 is 0 Å². The van der Waals surface area contributed by atoms with E-state index in [9.17, 15) is 19.8 Å². The van der Waals surface area contributed by atoms with Crippen LogP contribution in [0.1, 0.15) is 56.1 Å². The van der Waals surface area contributed by atoms with Crippen molar-refractivity contribution in [2.24, 2.45) is 5.92 Å². The van der Waals surface area contributed by atoms with Gasteiger partial charge in [0.25, 0.3) is 0 Å². The molecule has 0 heterocycles. The number of Topliss-reactive ketones (excluding diaryl/α,β-unsaturated/α-hetero) is 1. The van der Waals surface area contributed by atoms with Crippen LogP contribution in [-0.2, 0) is 27.4 Å². The van der Waals surface area contributed by atoms with Gasteiger partial charge in [0.05, 0.1) is 35.9 Å². The third-order valence-electron chi connectivity index (χ3n) is 6.51. The number of rotatable bonds is 14. The molecule has 2 aliphatic carbocycles. The van der Waals surface area contributed by atoms with Gasteiger partial charge >= 0.3 is 5.97 Å². The van der Waals surface area contributed by atoms with Gasteiger partial charge < -0.3 is 20.1 Å². The van der Waals surface area contributed by atoms with Crippen molar-refractivity contribution < 1.29 is 29.6 Å². The first-order valence-electron chi connectivity index (χ1n) is 12.6. The number of ketones is 1. The summed E-state index contributed by atoms with van der Waals surface area (Å²) in [6.45, 7) is 0.592. The zero-order valence-electron chi connectivity index (χ0n) is 20.2. The van der Waals surface area contributed by atoms with Crippen LogP contribution in [0.15, 0.2) is 36.4 Å². The highest BCUT2D eigenvalue weighted by atomic mass is 32.2. The van der Waals surface area contributed by atoms with E-state index < -0.39 is 18.2 Å². The predicted octanol–water partition coefficient (Wildman–Crippen LogP) is 4.26. The molecule has 0 amide bonds. The molecule has 0 aromatic heterocycles. The molecule has 0 aliphatic heterocycles. The Hall–Kier alpha value is -1.32. The van der Waals surface area contributed by atoms with Crippen molar-refractivity contribution in [1.29, 1.82) is 0 Å². The maximum atomic E-state index is 12.4. The van der Waals surface area contributed by atoms with Gasteiger partial charge in [0.2, 0.25) is 0 Å². The number of thioether (sulfide) groups is 2. The third-order valence-corrected chi connectivity index (χ3v) is 9.00. The fourth-order valence-corrected chi connectivity index (χ4v) is 6.89. The average Bonchev–Trinajstić information content (AvgIpc) is 3.11. The maximum absolute atomic E-state index is 12.4. The van der Waals surface area contributed by atoms with Gasteiger partial charge in [-0.1, -0.05) is 55.7 Å². The molecule has 1 aromatic carbocycles. The molecule has 3 N–H and O–H groups in total. The number of hydrogen-bond acceptors (Lipinski definition) is 7. The second-order valence-corrected chi connectivity index (χ2v) is 11.8. The van der Waals surface area contributed by atoms with Crippen molar-refractivity contribution in [3.05, 3.63) is 47.5 Å². The standard InChI is InChI=1S/C27H38O6S2/c28-21(15-19-6-4-7-20(14-19)17-33-22-8-2-1-3-9-22)10-11-23-24(29)16-25(30)27(23)35-13-5-12-34-18-26(31)32/h4,6-7,10-11,14,21-24,27-29H,1-3,5,8-9,12-13,15-18H2,(H,31,32)/b11-10+/t21?,23-,24+,27+/m0/s1. The number of carbonyl (C=O) groups is 2. The van der Waals surface area contributed by atoms with Gasteiger partial charge in [-0.3, -0.25) is 9.59 Å². The third kappa shape index (κ3) is 9.92. The molecule has 194 valence electrons. The summed E-state index contributed by atoms with van der Waals surface area (Å²) in [7, 11) is 0. The Bertz CT molecular complexity index is 839. The zero-order valence-corrected chi connectivity index (χ0v) is 21.9. The summed E-state index contributed by atoms with van der Waals surface area (Å²) in [5.41, 5.74) is 2.14. The number of benzene rings is 1. The molecular formula is C27H38O6S2. The van der Waals surface area contributed by atoms with E-state index in [0.29, 0.717) is 19.1 Å². The Morgan fingerprint density at radius 3 is 2.71 bits per heavy atom. The van der Waals surface area contributed by atoms with Gasteiger partial charge in [-0.25, -0.2) is 0 Å². The average molecular weight is 523 g/mol. The van der Waals surface area contributed by atoms with E-state index in [4.69, 9.17) is 9.84 Å². The molecule has 35 heavy (non-hydrogen) atoms. The number of carboxylic acids is 1. The molecule has 2 fully saturated rings. The van der Waals surface area contributed by atoms with Crippen molar-refractivity contribution in [3.8, 4) is 0 Å². The molecule has 0 spiro atoms. The van der Waals surface area contributed by atoms with Crippen LogP contribution in [-0.4, -0.2) is 67.9 Å². The van der Waals surface area contributed by atoms with Gasteiger partial charge in [0.1, 0.15) is 5.78 Å². The first-order valence-corrected chi connectivity index (χ1v) is 14.8. The summed E-state index contributed by atoms with van der Waals surface area (Å²) >= 11 is 2.89. The molecule has 2 saturated carbocycles. The number of aliphatic hydroxyl groups excluding tert-OH is 2. The first-order chi connectivity index (χ1) is 16.9. The highest BCUT2D eigenvalue weighted by molar-refractivity contribution is 8.01. The van der Waals surface area contributed by atoms with Crippen molar-refractivity contribution in [2.75, 3.05) is 17.3 Å². The minimum Gasteiger partial charge on any atom is -0.481 e. The number of ether oxygens (including phenoxy) is 1. The molecule has 2 aliphatic rings. The number of carboxylic acid groups (broad SMARTS) is 1. The molecule has 0 saturated heterocycles. The molecular weight excluding hydrogens is 484 g/mol. The normalized spacial score (nSPS) is 24.3. The highest BCUT2D eigenvalue weighted by Crippen LogP contribution is 2.34. The van der Waals surface area contributed by atoms with Gasteiger partial charge in [0.15, 0.2) is 0 Å². The molecule has 3 rings (SSSR count). The Labute approximate surface area is 216 Å². The number of aliphatic carboxylic acids is 1. The van der Waals surface area contributed by atoms with E-state index in [2.05, 4.69) is 12.1 Å². The Balaban J connectivity index is 1.45. The molecule has 4 atom stereocenters. The van der Waals surface area contributed by atoms with Crippen molar-refractivity contribution >= 4 is 35.3 Å². The summed E-state index contributed by atoms with van der Waals surface area (Å²) in [6.07, 6.45) is 9.91. The lowest BCUT2D eigenvalue weighted by molar-refractivity contribution is -0.133. The minimum absolute atomic E-state index is 0.0375. The lowest BCUT2D eigenvalue weighted by atomic mass is 9.98. The van der Waals surface area contributed by atoms with E-state index in [1.165, 1.54) is 42.8 Å². The van der Waals surface area contributed by atoms with Crippen LogP contribution >= 0.6 is 23.5 Å². The molecule has 1 aromatic rings. The van der Waals surface area contributed by atoms with Crippen LogP contribution in [0.2, 0.25) is 0 Å². The summed E-state index contributed by atoms with van der Waals surface area (Å²) in [4.78, 5) is 23.0. The maximum Gasteiger partial charge on any atom is 0.313 e. The first kappa shape index (κ1) is 28.3. The van der Waals surface area contributed by atoms with Crippen LogP contribution in [0.25, 0.3) is 0 Å². The second-order valence-electron chi connectivity index (χ2n) is 9.45. The van der Waals surface area contributed by atoms with Crippen LogP contribution in [0.3, 0.4) is 0 Å². The minimum atomic E-state index is -0.819. The summed E-state index contributed by atoms with van der Waals surface area (Å²) in [5, 5.41) is 29.4. The van der Waals surface area contributed by atoms with Gasteiger partial charge in [-0.05, 0) is 41.9 Å². The monoisotopic (exact) mass is 522 g/mol. The van der Waals surface area contributed by atoms with Crippen LogP contribution in [0.4, 0.5) is 0 Å². The van der Waals surface area contributed by atoms with E-state index in [-0.39, 0.29) is 29.1 Å². The molecule has 8 heteroatoms. The zero-order chi connectivity index (χ0) is 25.0. The van der Waals surface area contributed by atoms with E-state index in [0.717, 1.165) is 41.9 Å². The molecule has 0 radical (unpaired) electrons. The Kier molecular flexibility index (Phi) is 12.2. The smallest absolute Gasteiger partial charge is 0.313 e. The molecule has 6 nitrogen and oxygen atoms in total. The number of carbonyl (C=O) groups excluding carboxylic acids is 1. The fraction of sp³-hybridized carbons (Fsp3) is 0.630. The topological polar surface area (TPSA) is 104 Å². The van der Waals surface area contributed by atoms with Crippen molar-refractivity contribution in [1.82, 2.24) is 0 Å². The molecule has 1 unspecified atom stereocenters. The number of hydrogen-bond donors (Lipinski definition) is 3. The summed E-state index contributed by atoms with van der Waals surface area (Å²) in [6, 6.07) is 8.12. The van der Waals surface area contributed by atoms with Crippen LogP contribution < -0.4 is 0 Å². The molecule has 0 bridgehead atoms. The van der Waals surface area contributed by atoms with Gasteiger partial charge in [-0.15, -0.1) is 11.8 Å². The summed E-state index contributed by atoms with van der Waals surface area (Å²) < 4.78 is 6.08. The second kappa shape index (κ2) is 15.1. The van der Waals surface area contributed by atoms with Crippen molar-refractivity contribution in [3.63, 3.8) is 0 Å². The quantitative estimate of drug-likeness (QED) is 0.246. The van der Waals surface area contributed by atoms with E-state index in [1.54, 1.807) is 12.2 Å².